The van der Waals surface area contributed by atoms with Gasteiger partial charge in [-0.25, -0.2) is 0 Å². The largest absolute Gasteiger partial charge is 0.478 e. The van der Waals surface area contributed by atoms with Crippen molar-refractivity contribution in [2.45, 2.75) is 71.4 Å². The van der Waals surface area contributed by atoms with Crippen LogP contribution in [0.25, 0.3) is 0 Å². The van der Waals surface area contributed by atoms with E-state index in [1.165, 1.54) is 25.7 Å². The van der Waals surface area contributed by atoms with Crippen molar-refractivity contribution in [1.29, 1.82) is 5.26 Å². The number of para-hydroxylation sites is 2. The van der Waals surface area contributed by atoms with E-state index in [2.05, 4.69) is 10.6 Å². The summed E-state index contributed by atoms with van der Waals surface area (Å²) in [6, 6.07) is 4.93. The van der Waals surface area contributed by atoms with Crippen molar-refractivity contribution in [1.82, 2.24) is 15.5 Å². The van der Waals surface area contributed by atoms with Gasteiger partial charge in [0.2, 0.25) is 11.8 Å². The van der Waals surface area contributed by atoms with Gasteiger partial charge in [0.1, 0.15) is 23.9 Å². The van der Waals surface area contributed by atoms with Gasteiger partial charge in [0.15, 0.2) is 6.10 Å². The third-order valence-corrected chi connectivity index (χ3v) is 8.03. The summed E-state index contributed by atoms with van der Waals surface area (Å²) >= 11 is 0. The number of nitriles is 1. The lowest BCUT2D eigenvalue weighted by molar-refractivity contribution is -0.176. The molecule has 0 spiro atoms. The Morgan fingerprint density at radius 2 is 1.85 bits per heavy atom. The van der Waals surface area contributed by atoms with Crippen LogP contribution in [-0.2, 0) is 19.2 Å². The van der Waals surface area contributed by atoms with Crippen LogP contribution in [0, 0.1) is 34.0 Å². The number of likely N-dealkylation sites (tertiary alicyclic amines) is 1. The van der Waals surface area contributed by atoms with Crippen molar-refractivity contribution in [3.63, 3.8) is 0 Å². The maximum Gasteiger partial charge on any atom is 0.471 e. The molecule has 4 amide bonds. The van der Waals surface area contributed by atoms with Crippen LogP contribution in [0.3, 0.4) is 0 Å². The second kappa shape index (κ2) is 9.98. The van der Waals surface area contributed by atoms with Gasteiger partial charge in [0.05, 0.1) is 11.8 Å². The number of halogens is 3. The minimum absolute atomic E-state index is 0.0874. The number of nitrogens with one attached hydrogen (secondary N) is 3. The lowest BCUT2D eigenvalue weighted by atomic mass is 9.85. The Morgan fingerprint density at radius 3 is 2.45 bits per heavy atom. The van der Waals surface area contributed by atoms with Gasteiger partial charge in [-0.3, -0.25) is 19.2 Å². The molecule has 216 valence electrons. The molecule has 1 aliphatic carbocycles. The molecule has 10 nitrogen and oxygen atoms in total. The molecule has 2 aliphatic heterocycles. The quantitative estimate of drug-likeness (QED) is 0.486. The van der Waals surface area contributed by atoms with Crippen LogP contribution in [0.2, 0.25) is 0 Å². The van der Waals surface area contributed by atoms with Crippen molar-refractivity contribution in [2.75, 3.05) is 11.9 Å². The van der Waals surface area contributed by atoms with Gasteiger partial charge in [0, 0.05) is 13.0 Å². The number of ether oxygens (including phenoxy) is 1. The molecule has 3 unspecified atom stereocenters. The fraction of sp³-hybridized carbons (Fsp3) is 0.593. The van der Waals surface area contributed by atoms with Gasteiger partial charge in [-0.1, -0.05) is 46.8 Å². The highest BCUT2D eigenvalue weighted by Crippen LogP contribution is 2.65. The van der Waals surface area contributed by atoms with Gasteiger partial charge in [-0.2, -0.15) is 18.4 Å². The monoisotopic (exact) mass is 563 g/mol. The first-order chi connectivity index (χ1) is 18.5. The second-order valence-electron chi connectivity index (χ2n) is 12.2. The Balaban J connectivity index is 1.52. The number of rotatable bonds is 6. The number of carbonyl (C=O) groups is 4. The van der Waals surface area contributed by atoms with Crippen LogP contribution >= 0.6 is 0 Å². The van der Waals surface area contributed by atoms with E-state index in [0.717, 1.165) is 0 Å². The summed E-state index contributed by atoms with van der Waals surface area (Å²) < 4.78 is 44.8. The molecule has 0 radical (unpaired) electrons. The molecular formula is C27H32F3N5O5. The summed E-state index contributed by atoms with van der Waals surface area (Å²) in [5, 5.41) is 16.9. The first kappa shape index (κ1) is 29.2. The minimum atomic E-state index is -5.19. The Hall–Kier alpha value is -3.82. The molecule has 4 rings (SSSR count). The molecule has 0 aromatic heterocycles. The highest BCUT2D eigenvalue weighted by Gasteiger charge is 2.70. The number of nitrogens with zero attached hydrogens (tertiary/aromatic N) is 2. The maximum absolute atomic E-state index is 13.6. The number of anilines is 1. The van der Waals surface area contributed by atoms with E-state index in [1.54, 1.807) is 29.6 Å². The lowest BCUT2D eigenvalue weighted by Gasteiger charge is -2.38. The van der Waals surface area contributed by atoms with Crippen molar-refractivity contribution in [3.05, 3.63) is 24.3 Å². The lowest BCUT2D eigenvalue weighted by Crippen LogP contribution is -2.61. The van der Waals surface area contributed by atoms with E-state index < -0.39 is 59.4 Å². The van der Waals surface area contributed by atoms with E-state index in [9.17, 15) is 37.6 Å². The Morgan fingerprint density at radius 1 is 1.20 bits per heavy atom. The van der Waals surface area contributed by atoms with Crippen molar-refractivity contribution >= 4 is 29.3 Å². The van der Waals surface area contributed by atoms with Crippen molar-refractivity contribution in [2.24, 2.45) is 22.7 Å². The first-order valence-corrected chi connectivity index (χ1v) is 12.9. The number of benzene rings is 1. The average molecular weight is 564 g/mol. The smallest absolute Gasteiger partial charge is 0.471 e. The molecular weight excluding hydrogens is 531 g/mol. The molecule has 1 aromatic rings. The Labute approximate surface area is 229 Å². The molecule has 2 fully saturated rings. The third kappa shape index (κ3) is 5.44. The zero-order valence-electron chi connectivity index (χ0n) is 22.8. The fourth-order valence-corrected chi connectivity index (χ4v) is 5.70. The van der Waals surface area contributed by atoms with Crippen LogP contribution in [0.4, 0.5) is 18.9 Å². The maximum atomic E-state index is 13.6. The van der Waals surface area contributed by atoms with E-state index in [1.807, 2.05) is 19.9 Å². The number of piperidine rings is 1. The van der Waals surface area contributed by atoms with E-state index in [0.29, 0.717) is 11.4 Å². The zero-order valence-corrected chi connectivity index (χ0v) is 22.8. The molecule has 1 saturated carbocycles. The highest BCUT2D eigenvalue weighted by molar-refractivity contribution is 5.98. The number of hydrogen-bond acceptors (Lipinski definition) is 6. The van der Waals surface area contributed by atoms with Crippen molar-refractivity contribution in [3.8, 4) is 11.8 Å². The number of hydrogen-bond donors (Lipinski definition) is 3. The molecule has 2 heterocycles. The Bertz CT molecular complexity index is 1270. The molecule has 1 saturated heterocycles. The standard InChI is InChI=1S/C27H32F3N5O5/c1-25(2,3)20(34-24(39)27(28,29)30)23(38)35-12-14-18(26(14,4)5)19(35)22(37)32-13(11-31)10-17-21(36)33-15-8-6-7-9-16(15)40-17/h6-9,13-14,17-20H,10,12H2,1-5H3,(H,32,37)(H,33,36)(H,34,39)/t13?,14-,17?,18-,19-,20?/m0/s1. The van der Waals surface area contributed by atoms with Crippen LogP contribution in [-0.4, -0.2) is 65.5 Å². The van der Waals surface area contributed by atoms with E-state index in [4.69, 9.17) is 4.74 Å². The average Bonchev–Trinajstić information content (AvgIpc) is 3.18. The predicted molar refractivity (Wildman–Crippen MR) is 135 cm³/mol. The Kier molecular flexibility index (Phi) is 7.28. The molecule has 3 aliphatic rings. The van der Waals surface area contributed by atoms with Crippen LogP contribution in [0.1, 0.15) is 41.0 Å². The number of carbonyl (C=O) groups excluding carboxylic acids is 4. The van der Waals surface area contributed by atoms with Gasteiger partial charge < -0.3 is 25.6 Å². The summed E-state index contributed by atoms with van der Waals surface area (Å²) in [4.78, 5) is 52.7. The summed E-state index contributed by atoms with van der Waals surface area (Å²) in [5.74, 6) is -4.17. The summed E-state index contributed by atoms with van der Waals surface area (Å²) in [5.41, 5.74) is -0.934. The third-order valence-electron chi connectivity index (χ3n) is 8.03. The van der Waals surface area contributed by atoms with Gasteiger partial charge >= 0.3 is 12.1 Å². The number of alkyl halides is 3. The van der Waals surface area contributed by atoms with Gasteiger partial charge in [-0.05, 0) is 34.8 Å². The second-order valence-corrected chi connectivity index (χ2v) is 12.2. The molecule has 40 heavy (non-hydrogen) atoms. The predicted octanol–water partition coefficient (Wildman–Crippen LogP) is 2.36. The number of amides is 4. The number of fused-ring (bicyclic) bond motifs is 2. The normalized spacial score (nSPS) is 26.2. The topological polar surface area (TPSA) is 141 Å². The summed E-state index contributed by atoms with van der Waals surface area (Å²) in [6.07, 6.45) is -6.43. The molecule has 1 aromatic carbocycles. The minimum Gasteiger partial charge on any atom is -0.478 e. The first-order valence-electron chi connectivity index (χ1n) is 12.9. The summed E-state index contributed by atoms with van der Waals surface area (Å²) in [7, 11) is 0. The SMILES string of the molecule is CC(C)(C)C(NC(=O)C(F)(F)F)C(=O)N1C[C@H]2[C@@H]([C@H]1C(=O)NC(C#N)CC1Oc3ccccc3NC1=O)C2(C)C. The zero-order chi connectivity index (χ0) is 29.8. The van der Waals surface area contributed by atoms with Gasteiger partial charge in [0.25, 0.3) is 5.91 Å². The van der Waals surface area contributed by atoms with Crippen LogP contribution in [0.15, 0.2) is 24.3 Å². The molecule has 3 N–H and O–H groups in total. The molecule has 6 atom stereocenters. The summed E-state index contributed by atoms with van der Waals surface area (Å²) in [6.45, 7) is 8.52. The van der Waals surface area contributed by atoms with Crippen LogP contribution < -0.4 is 20.7 Å². The molecule has 0 bridgehead atoms. The van der Waals surface area contributed by atoms with Crippen molar-refractivity contribution < 1.29 is 37.1 Å². The van der Waals surface area contributed by atoms with Crippen LogP contribution in [0.5, 0.6) is 5.75 Å². The van der Waals surface area contributed by atoms with E-state index >= 15 is 0 Å². The highest BCUT2D eigenvalue weighted by atomic mass is 19.4. The molecule has 13 heteroatoms. The van der Waals surface area contributed by atoms with E-state index in [-0.39, 0.29) is 30.2 Å². The van der Waals surface area contributed by atoms with Gasteiger partial charge in [-0.15, -0.1) is 0 Å². The fourth-order valence-electron chi connectivity index (χ4n) is 5.70.